The number of ether oxygens (including phenoxy) is 2. The van der Waals surface area contributed by atoms with Gasteiger partial charge in [0.2, 0.25) is 0 Å². The van der Waals surface area contributed by atoms with Crippen LogP contribution in [0.1, 0.15) is 16.7 Å². The van der Waals surface area contributed by atoms with E-state index in [0.717, 1.165) is 0 Å². The van der Waals surface area contributed by atoms with Crippen LogP contribution >= 0.6 is 11.8 Å². The number of terminal acetylenes is 1. The number of nitroso groups, excluding NO2 is 1. The number of thioether (sulfide) groups is 1. The van der Waals surface area contributed by atoms with E-state index < -0.39 is 17.9 Å². The second kappa shape index (κ2) is 9.98. The van der Waals surface area contributed by atoms with Crippen LogP contribution in [0.5, 0.6) is 11.5 Å². The third kappa shape index (κ3) is 6.84. The van der Waals surface area contributed by atoms with Crippen molar-refractivity contribution in [2.75, 3.05) is 12.9 Å². The van der Waals surface area contributed by atoms with E-state index in [2.05, 4.69) is 15.8 Å². The molecule has 0 aliphatic rings. The fourth-order valence-electron chi connectivity index (χ4n) is 2.35. The van der Waals surface area contributed by atoms with Gasteiger partial charge in [-0.05, 0) is 41.1 Å². The Morgan fingerprint density at radius 1 is 1.21 bits per heavy atom. The summed E-state index contributed by atoms with van der Waals surface area (Å²) >= 11 is 0.631. The second-order valence-corrected chi connectivity index (χ2v) is 6.81. The number of rotatable bonds is 8. The van der Waals surface area contributed by atoms with Crippen LogP contribution in [0.3, 0.4) is 0 Å². The first-order valence-electron chi connectivity index (χ1n) is 8.20. The van der Waals surface area contributed by atoms with E-state index in [1.807, 2.05) is 0 Å². The number of carbonyl (C=O) groups is 1. The highest BCUT2D eigenvalue weighted by molar-refractivity contribution is 7.98. The molecular formula is C20H16F3NO4S. The van der Waals surface area contributed by atoms with Gasteiger partial charge in [0.25, 0.3) is 0 Å². The molecule has 0 saturated heterocycles. The molecule has 0 aliphatic carbocycles. The van der Waals surface area contributed by atoms with Gasteiger partial charge in [0, 0.05) is 11.3 Å². The molecule has 5 nitrogen and oxygen atoms in total. The Balaban J connectivity index is 2.32. The van der Waals surface area contributed by atoms with Crippen molar-refractivity contribution >= 4 is 23.4 Å². The molecule has 0 aromatic heterocycles. The molecule has 0 unspecified atom stereocenters. The largest absolute Gasteiger partial charge is 0.469 e. The summed E-state index contributed by atoms with van der Waals surface area (Å²) in [6, 6.07) is 8.98. The summed E-state index contributed by atoms with van der Waals surface area (Å²) in [4.78, 5) is 22.3. The van der Waals surface area contributed by atoms with Crippen LogP contribution in [0.15, 0.2) is 41.6 Å². The summed E-state index contributed by atoms with van der Waals surface area (Å²) in [5.74, 6) is 1.39. The zero-order valence-electron chi connectivity index (χ0n) is 15.3. The summed E-state index contributed by atoms with van der Waals surface area (Å²) in [6.45, 7) is 0. The van der Waals surface area contributed by atoms with Crippen molar-refractivity contribution < 1.29 is 27.4 Å². The molecule has 0 N–H and O–H groups in total. The van der Waals surface area contributed by atoms with E-state index in [4.69, 9.17) is 11.2 Å². The molecule has 2 rings (SSSR count). The number of methoxy groups -OCH3 is 1. The van der Waals surface area contributed by atoms with Crippen molar-refractivity contribution in [2.45, 2.75) is 18.3 Å². The normalized spacial score (nSPS) is 10.9. The van der Waals surface area contributed by atoms with Gasteiger partial charge < -0.3 is 9.47 Å². The molecule has 9 heteroatoms. The first-order valence-corrected chi connectivity index (χ1v) is 9.36. The zero-order chi connectivity index (χ0) is 21.4. The molecule has 0 fully saturated rings. The number of carbonyl (C=O) groups excluding carboxylic acids is 1. The Labute approximate surface area is 169 Å². The van der Waals surface area contributed by atoms with Crippen molar-refractivity contribution in [2.24, 2.45) is 5.18 Å². The fraction of sp³-hybridized carbons (Fsp3) is 0.250. The topological polar surface area (TPSA) is 65.0 Å². The van der Waals surface area contributed by atoms with Gasteiger partial charge in [0.15, 0.2) is 0 Å². The highest BCUT2D eigenvalue weighted by Gasteiger charge is 2.27. The molecule has 0 spiro atoms. The van der Waals surface area contributed by atoms with Gasteiger partial charge in [-0.15, -0.1) is 23.1 Å². The Morgan fingerprint density at radius 2 is 1.97 bits per heavy atom. The van der Waals surface area contributed by atoms with Crippen LogP contribution < -0.4 is 4.74 Å². The minimum atomic E-state index is -4.31. The van der Waals surface area contributed by atoms with Crippen molar-refractivity contribution in [3.8, 4) is 23.8 Å². The predicted octanol–water partition coefficient (Wildman–Crippen LogP) is 5.37. The molecule has 29 heavy (non-hydrogen) atoms. The SMILES string of the molecule is C#Cc1ccc(CC(=O)OC)cc1Oc1ccc(N=O)cc1CSCC(F)(F)F. The van der Waals surface area contributed by atoms with E-state index in [1.54, 1.807) is 18.2 Å². The molecule has 2 aromatic carbocycles. The average molecular weight is 423 g/mol. The number of nitrogens with zero attached hydrogens (tertiary/aromatic N) is 1. The van der Waals surface area contributed by atoms with Crippen LogP contribution in [0.4, 0.5) is 18.9 Å². The number of alkyl halides is 3. The third-order valence-electron chi connectivity index (χ3n) is 3.67. The van der Waals surface area contributed by atoms with Crippen molar-refractivity contribution in [3.63, 3.8) is 0 Å². The molecule has 2 aromatic rings. The summed E-state index contributed by atoms with van der Waals surface area (Å²) in [5.41, 5.74) is 1.41. The molecular weight excluding hydrogens is 407 g/mol. The van der Waals surface area contributed by atoms with E-state index >= 15 is 0 Å². The van der Waals surface area contributed by atoms with Crippen molar-refractivity contribution in [3.05, 3.63) is 58.0 Å². The van der Waals surface area contributed by atoms with Crippen molar-refractivity contribution in [1.82, 2.24) is 0 Å². The lowest BCUT2D eigenvalue weighted by atomic mass is 10.1. The quantitative estimate of drug-likeness (QED) is 0.325. The molecule has 0 radical (unpaired) electrons. The standard InChI is InChI=1S/C20H16F3NO4S/c1-3-14-5-4-13(9-19(25)27-2)8-18(14)28-17-7-6-16(24-26)10-15(17)11-29-12-20(21,22)23/h1,4-8,10H,9,11-12H2,2H3. The molecule has 0 atom stereocenters. The molecule has 152 valence electrons. The summed E-state index contributed by atoms with van der Waals surface area (Å²) < 4.78 is 47.8. The van der Waals surface area contributed by atoms with Gasteiger partial charge in [-0.1, -0.05) is 12.0 Å². The maximum atomic E-state index is 12.4. The van der Waals surface area contributed by atoms with Gasteiger partial charge in [-0.25, -0.2) is 0 Å². The smallest absolute Gasteiger partial charge is 0.397 e. The Hall–Kier alpha value is -2.99. The minimum Gasteiger partial charge on any atom is -0.469 e. The Bertz CT molecular complexity index is 938. The van der Waals surface area contributed by atoms with E-state index in [1.165, 1.54) is 25.3 Å². The monoisotopic (exact) mass is 423 g/mol. The lowest BCUT2D eigenvalue weighted by molar-refractivity contribution is -0.139. The van der Waals surface area contributed by atoms with Gasteiger partial charge >= 0.3 is 12.1 Å². The number of esters is 1. The maximum Gasteiger partial charge on any atom is 0.397 e. The highest BCUT2D eigenvalue weighted by atomic mass is 32.2. The summed E-state index contributed by atoms with van der Waals surface area (Å²) in [5, 5.41) is 2.81. The van der Waals surface area contributed by atoms with Crippen molar-refractivity contribution in [1.29, 1.82) is 0 Å². The molecule has 0 amide bonds. The highest BCUT2D eigenvalue weighted by Crippen LogP contribution is 2.34. The molecule has 0 heterocycles. The van der Waals surface area contributed by atoms with Crippen LogP contribution in [-0.4, -0.2) is 25.0 Å². The first-order chi connectivity index (χ1) is 13.8. The van der Waals surface area contributed by atoms with Gasteiger partial charge in [-0.3, -0.25) is 4.79 Å². The van der Waals surface area contributed by atoms with Crippen LogP contribution in [-0.2, 0) is 21.7 Å². The minimum absolute atomic E-state index is 0.00000270. The lowest BCUT2D eigenvalue weighted by Crippen LogP contribution is -2.10. The van der Waals surface area contributed by atoms with E-state index in [0.29, 0.717) is 28.5 Å². The Morgan fingerprint density at radius 3 is 2.59 bits per heavy atom. The zero-order valence-corrected chi connectivity index (χ0v) is 16.1. The molecule has 0 saturated carbocycles. The van der Waals surface area contributed by atoms with Gasteiger partial charge in [0.1, 0.15) is 17.2 Å². The lowest BCUT2D eigenvalue weighted by Gasteiger charge is -2.14. The number of benzene rings is 2. The van der Waals surface area contributed by atoms with Crippen LogP contribution in [0.25, 0.3) is 0 Å². The first kappa shape index (κ1) is 22.3. The number of hydrogen-bond donors (Lipinski definition) is 0. The summed E-state index contributed by atoms with van der Waals surface area (Å²) in [6.07, 6.45) is 1.17. The van der Waals surface area contributed by atoms with Gasteiger partial charge in [-0.2, -0.15) is 13.2 Å². The maximum absolute atomic E-state index is 12.4. The molecule has 0 bridgehead atoms. The second-order valence-electron chi connectivity index (χ2n) is 5.82. The Kier molecular flexibility index (Phi) is 7.67. The third-order valence-corrected chi connectivity index (χ3v) is 4.72. The number of hydrogen-bond acceptors (Lipinski definition) is 6. The van der Waals surface area contributed by atoms with E-state index in [-0.39, 0.29) is 29.4 Å². The predicted molar refractivity (Wildman–Crippen MR) is 104 cm³/mol. The van der Waals surface area contributed by atoms with Crippen LogP contribution in [0, 0.1) is 17.3 Å². The van der Waals surface area contributed by atoms with E-state index in [9.17, 15) is 22.9 Å². The van der Waals surface area contributed by atoms with Gasteiger partial charge in [0.05, 0.1) is 24.8 Å². The number of halogens is 3. The average Bonchev–Trinajstić information content (AvgIpc) is 2.68. The van der Waals surface area contributed by atoms with Crippen LogP contribution in [0.2, 0.25) is 0 Å². The fourth-order valence-corrected chi connectivity index (χ4v) is 3.13. The summed E-state index contributed by atoms with van der Waals surface area (Å²) in [7, 11) is 1.27. The molecule has 0 aliphatic heterocycles.